The Kier molecular flexibility index (Phi) is 5.20. The Morgan fingerprint density at radius 2 is 1.78 bits per heavy atom. The predicted octanol–water partition coefficient (Wildman–Crippen LogP) is 4.43. The molecule has 3 rings (SSSR count). The lowest BCUT2D eigenvalue weighted by molar-refractivity contribution is -0.141. The van der Waals surface area contributed by atoms with Gasteiger partial charge in [0.25, 0.3) is 0 Å². The largest absolute Gasteiger partial charge is 0.457 e. The van der Waals surface area contributed by atoms with Crippen molar-refractivity contribution >= 4 is 9.84 Å². The smallest absolute Gasteiger partial charge is 0.433 e. The lowest BCUT2D eigenvalue weighted by atomic mass is 10.1. The number of rotatable bonds is 5. The van der Waals surface area contributed by atoms with Gasteiger partial charge in [0, 0.05) is 12.3 Å². The van der Waals surface area contributed by atoms with Crippen LogP contribution in [0.2, 0.25) is 0 Å². The van der Waals surface area contributed by atoms with Gasteiger partial charge >= 0.3 is 6.18 Å². The number of ether oxygens (including phenoxy) is 1. The predicted molar refractivity (Wildman–Crippen MR) is 95.6 cm³/mol. The molecule has 0 aliphatic heterocycles. The van der Waals surface area contributed by atoms with Crippen molar-refractivity contribution in [3.63, 3.8) is 0 Å². The van der Waals surface area contributed by atoms with Crippen LogP contribution in [0, 0.1) is 5.92 Å². The summed E-state index contributed by atoms with van der Waals surface area (Å²) in [5.41, 5.74) is 1.01. The van der Waals surface area contributed by atoms with Crippen LogP contribution in [0.25, 0.3) is 0 Å². The number of sulfone groups is 1. The second kappa shape index (κ2) is 7.14. The van der Waals surface area contributed by atoms with E-state index in [0.29, 0.717) is 18.6 Å². The Morgan fingerprint density at radius 3 is 2.44 bits per heavy atom. The van der Waals surface area contributed by atoms with E-state index in [1.807, 2.05) is 6.07 Å². The van der Waals surface area contributed by atoms with E-state index in [0.717, 1.165) is 23.4 Å². The van der Waals surface area contributed by atoms with Crippen LogP contribution in [0.4, 0.5) is 13.2 Å². The van der Waals surface area contributed by atoms with Gasteiger partial charge in [-0.1, -0.05) is 6.07 Å². The second-order valence-corrected chi connectivity index (χ2v) is 9.66. The number of nitrogens with zero attached hydrogens (tertiary/aromatic N) is 1. The maximum absolute atomic E-state index is 12.8. The summed E-state index contributed by atoms with van der Waals surface area (Å²) in [6.07, 6.45) is -2.19. The van der Waals surface area contributed by atoms with Crippen LogP contribution in [0.1, 0.15) is 30.7 Å². The maximum Gasteiger partial charge on any atom is 0.433 e. The first kappa shape index (κ1) is 19.7. The van der Waals surface area contributed by atoms with E-state index in [1.165, 1.54) is 6.07 Å². The minimum absolute atomic E-state index is 0.0143. The van der Waals surface area contributed by atoms with Gasteiger partial charge in [-0.15, -0.1) is 0 Å². The molecule has 1 atom stereocenters. The molecule has 4 nitrogen and oxygen atoms in total. The summed E-state index contributed by atoms with van der Waals surface area (Å²) in [4.78, 5) is 3.31. The quantitative estimate of drug-likeness (QED) is 0.746. The molecule has 0 radical (unpaired) electrons. The second-order valence-electron chi connectivity index (χ2n) is 7.06. The molecular formula is C19H20F3NO3S. The number of alkyl halides is 3. The van der Waals surface area contributed by atoms with Crippen molar-refractivity contribution in [1.29, 1.82) is 0 Å². The maximum atomic E-state index is 12.8. The molecule has 0 amide bonds. The lowest BCUT2D eigenvalue weighted by Crippen LogP contribution is -2.23. The molecule has 1 aliphatic carbocycles. The number of hydrogen-bond donors (Lipinski definition) is 0. The van der Waals surface area contributed by atoms with E-state index in [4.69, 9.17) is 4.74 Å². The van der Waals surface area contributed by atoms with Crippen LogP contribution in [-0.2, 0) is 28.9 Å². The minimum atomic E-state index is -4.54. The molecule has 8 heteroatoms. The summed E-state index contributed by atoms with van der Waals surface area (Å²) in [6, 6.07) is 7.51. The normalized spacial score (nSPS) is 17.2. The van der Waals surface area contributed by atoms with Crippen molar-refractivity contribution in [3.05, 3.63) is 53.3 Å². The van der Waals surface area contributed by atoms with Gasteiger partial charge in [-0.3, -0.25) is 4.98 Å². The summed E-state index contributed by atoms with van der Waals surface area (Å²) in [5.74, 6) is 0.615. The number of aromatic nitrogens is 1. The molecule has 0 unspecified atom stereocenters. The van der Waals surface area contributed by atoms with Crippen LogP contribution in [-0.4, -0.2) is 24.4 Å². The zero-order valence-electron chi connectivity index (χ0n) is 15.0. The molecular weight excluding hydrogens is 379 g/mol. The summed E-state index contributed by atoms with van der Waals surface area (Å²) in [6.45, 7) is 3.35. The number of benzene rings is 1. The molecule has 1 aliphatic rings. The number of fused-ring (bicyclic) bond motifs is 1. The van der Waals surface area contributed by atoms with E-state index in [9.17, 15) is 21.6 Å². The Hall–Kier alpha value is -2.09. The van der Waals surface area contributed by atoms with E-state index in [-0.39, 0.29) is 17.4 Å². The lowest BCUT2D eigenvalue weighted by Gasteiger charge is -2.12. The van der Waals surface area contributed by atoms with Gasteiger partial charge in [0.1, 0.15) is 17.2 Å². The van der Waals surface area contributed by atoms with Crippen LogP contribution >= 0.6 is 0 Å². The van der Waals surface area contributed by atoms with Crippen LogP contribution < -0.4 is 4.74 Å². The molecule has 0 bridgehead atoms. The van der Waals surface area contributed by atoms with Gasteiger partial charge in [0.05, 0.1) is 11.0 Å². The first-order valence-electron chi connectivity index (χ1n) is 8.59. The third kappa shape index (κ3) is 4.61. The zero-order chi connectivity index (χ0) is 19.8. The van der Waals surface area contributed by atoms with Gasteiger partial charge in [0.2, 0.25) is 0 Å². The monoisotopic (exact) mass is 399 g/mol. The first-order valence-corrected chi connectivity index (χ1v) is 10.3. The Morgan fingerprint density at radius 1 is 1.11 bits per heavy atom. The van der Waals surface area contributed by atoms with E-state index in [2.05, 4.69) is 4.98 Å². The molecule has 146 valence electrons. The minimum Gasteiger partial charge on any atom is -0.457 e. The topological polar surface area (TPSA) is 56.3 Å². The molecule has 1 heterocycles. The molecule has 0 saturated heterocycles. The molecule has 1 aromatic heterocycles. The Labute approximate surface area is 156 Å². The molecule has 0 N–H and O–H groups in total. The van der Waals surface area contributed by atoms with Gasteiger partial charge < -0.3 is 4.74 Å². The van der Waals surface area contributed by atoms with Crippen molar-refractivity contribution in [1.82, 2.24) is 4.98 Å². The fourth-order valence-electron chi connectivity index (χ4n) is 3.15. The molecule has 27 heavy (non-hydrogen) atoms. The van der Waals surface area contributed by atoms with Crippen molar-refractivity contribution in [2.24, 2.45) is 5.92 Å². The number of pyridine rings is 1. The number of hydrogen-bond acceptors (Lipinski definition) is 4. The molecule has 1 aromatic carbocycles. The summed E-state index contributed by atoms with van der Waals surface area (Å²) in [5, 5.41) is -0.408. The SMILES string of the molecule is CC(C)S(=O)(=O)C[C@H]1Cc2ccc(Oc3ccnc(C(F)(F)F)c3)cc2C1. The van der Waals surface area contributed by atoms with Crippen molar-refractivity contribution < 1.29 is 26.3 Å². The third-order valence-electron chi connectivity index (χ3n) is 4.64. The third-order valence-corrected chi connectivity index (χ3v) is 7.01. The fraction of sp³-hybridized carbons (Fsp3) is 0.421. The highest BCUT2D eigenvalue weighted by atomic mass is 32.2. The fourth-order valence-corrected chi connectivity index (χ4v) is 4.43. The van der Waals surface area contributed by atoms with Crippen LogP contribution in [0.3, 0.4) is 0 Å². The first-order chi connectivity index (χ1) is 12.5. The van der Waals surface area contributed by atoms with Crippen molar-refractivity contribution in [2.45, 2.75) is 38.1 Å². The van der Waals surface area contributed by atoms with Crippen LogP contribution in [0.15, 0.2) is 36.5 Å². The highest BCUT2D eigenvalue weighted by Crippen LogP contribution is 2.34. The molecule has 2 aromatic rings. The highest BCUT2D eigenvalue weighted by Gasteiger charge is 2.33. The Balaban J connectivity index is 1.73. The molecule has 0 fully saturated rings. The van der Waals surface area contributed by atoms with Gasteiger partial charge in [-0.05, 0) is 61.9 Å². The summed E-state index contributed by atoms with van der Waals surface area (Å²) >= 11 is 0. The van der Waals surface area contributed by atoms with Gasteiger partial charge in [-0.25, -0.2) is 8.42 Å². The standard InChI is InChI=1S/C19H20F3NO3S/c1-12(2)27(24,25)11-13-7-14-3-4-16(9-15(14)8-13)26-17-5-6-23-18(10-17)19(20,21)22/h3-6,9-10,12-13H,7-8,11H2,1-2H3/t13-/m0/s1. The Bertz CT molecular complexity index is 939. The molecule has 0 saturated carbocycles. The average molecular weight is 399 g/mol. The number of halogens is 3. The highest BCUT2D eigenvalue weighted by molar-refractivity contribution is 7.91. The van der Waals surface area contributed by atoms with E-state index < -0.39 is 27.0 Å². The van der Waals surface area contributed by atoms with E-state index >= 15 is 0 Å². The van der Waals surface area contributed by atoms with Crippen LogP contribution in [0.5, 0.6) is 11.5 Å². The summed E-state index contributed by atoms with van der Waals surface area (Å²) < 4.78 is 68.1. The van der Waals surface area contributed by atoms with Crippen molar-refractivity contribution in [3.8, 4) is 11.5 Å². The zero-order valence-corrected chi connectivity index (χ0v) is 15.8. The molecule has 0 spiro atoms. The van der Waals surface area contributed by atoms with Crippen molar-refractivity contribution in [2.75, 3.05) is 5.75 Å². The summed E-state index contributed by atoms with van der Waals surface area (Å²) in [7, 11) is -3.12. The average Bonchev–Trinajstić information content (AvgIpc) is 2.95. The van der Waals surface area contributed by atoms with Gasteiger partial charge in [-0.2, -0.15) is 13.2 Å². The van der Waals surface area contributed by atoms with Gasteiger partial charge in [0.15, 0.2) is 9.84 Å². The van der Waals surface area contributed by atoms with E-state index in [1.54, 1.807) is 26.0 Å².